The quantitative estimate of drug-likeness (QED) is 0.616. The van der Waals surface area contributed by atoms with Crippen LogP contribution in [-0.4, -0.2) is 55.0 Å². The molecule has 2 aliphatic rings. The van der Waals surface area contributed by atoms with Crippen LogP contribution < -0.4 is 15.0 Å². The average molecular weight is 489 g/mol. The van der Waals surface area contributed by atoms with E-state index in [4.69, 9.17) is 4.74 Å². The van der Waals surface area contributed by atoms with Crippen LogP contribution in [0.3, 0.4) is 0 Å². The molecule has 2 fully saturated rings. The van der Waals surface area contributed by atoms with Gasteiger partial charge in [0.1, 0.15) is 12.3 Å². The molecule has 7 nitrogen and oxygen atoms in total. The predicted molar refractivity (Wildman–Crippen MR) is 122 cm³/mol. The standard InChI is InChI=1S/C25H26F3N3O4/c1-35-21-10-8-19(9-11-21)30-14-18(12-22(30)32)24(34)31(20-6-7-20)13-16-2-4-17(5-3-16)23(33)29-15-25(26,27)28/h2-5,8-11,18,20H,6-7,12-15H2,1H3,(H,29,33). The molecule has 1 atom stereocenters. The minimum atomic E-state index is -4.48. The van der Waals surface area contributed by atoms with E-state index in [-0.39, 0.29) is 29.8 Å². The average Bonchev–Trinajstić information content (AvgIpc) is 3.61. The van der Waals surface area contributed by atoms with Crippen LogP contribution in [0.4, 0.5) is 18.9 Å². The zero-order valence-corrected chi connectivity index (χ0v) is 19.2. The Bertz CT molecular complexity index is 1080. The third kappa shape index (κ3) is 6.12. The summed E-state index contributed by atoms with van der Waals surface area (Å²) in [4.78, 5) is 41.3. The highest BCUT2D eigenvalue weighted by Gasteiger charge is 2.41. The summed E-state index contributed by atoms with van der Waals surface area (Å²) < 4.78 is 42.1. The Labute approximate surface area is 200 Å². The first-order valence-corrected chi connectivity index (χ1v) is 11.3. The van der Waals surface area contributed by atoms with Gasteiger partial charge in [0.2, 0.25) is 11.8 Å². The first-order chi connectivity index (χ1) is 16.6. The van der Waals surface area contributed by atoms with Gasteiger partial charge in [0, 0.05) is 36.8 Å². The molecule has 1 aliphatic heterocycles. The molecule has 4 rings (SSSR count). The Morgan fingerprint density at radius 2 is 1.74 bits per heavy atom. The number of carbonyl (C=O) groups excluding carboxylic acids is 3. The molecular weight excluding hydrogens is 463 g/mol. The van der Waals surface area contributed by atoms with E-state index >= 15 is 0 Å². The molecule has 1 saturated carbocycles. The van der Waals surface area contributed by atoms with E-state index in [1.165, 1.54) is 12.1 Å². The van der Waals surface area contributed by atoms with Crippen LogP contribution in [0.5, 0.6) is 5.75 Å². The van der Waals surface area contributed by atoms with E-state index in [0.717, 1.165) is 18.4 Å². The van der Waals surface area contributed by atoms with Gasteiger partial charge in [-0.15, -0.1) is 0 Å². The number of methoxy groups -OCH3 is 1. The molecule has 0 bridgehead atoms. The number of nitrogens with one attached hydrogen (secondary N) is 1. The highest BCUT2D eigenvalue weighted by molar-refractivity contribution is 6.00. The number of carbonyl (C=O) groups is 3. The second-order valence-corrected chi connectivity index (χ2v) is 8.80. The number of benzene rings is 2. The maximum absolute atomic E-state index is 13.4. The Kier molecular flexibility index (Phi) is 7.00. The van der Waals surface area contributed by atoms with E-state index < -0.39 is 24.5 Å². The maximum Gasteiger partial charge on any atom is 0.405 e. The second kappa shape index (κ2) is 9.97. The van der Waals surface area contributed by atoms with Gasteiger partial charge in [-0.25, -0.2) is 0 Å². The first-order valence-electron chi connectivity index (χ1n) is 11.3. The molecule has 1 unspecified atom stereocenters. The number of amides is 3. The van der Waals surface area contributed by atoms with Crippen molar-refractivity contribution in [3.05, 3.63) is 59.7 Å². The molecule has 35 heavy (non-hydrogen) atoms. The number of ether oxygens (including phenoxy) is 1. The number of alkyl halides is 3. The van der Waals surface area contributed by atoms with Crippen molar-refractivity contribution in [1.29, 1.82) is 0 Å². The fourth-order valence-corrected chi connectivity index (χ4v) is 4.13. The molecule has 1 saturated heterocycles. The van der Waals surface area contributed by atoms with Crippen molar-refractivity contribution in [2.45, 2.75) is 38.0 Å². The van der Waals surface area contributed by atoms with Crippen molar-refractivity contribution in [3.8, 4) is 5.75 Å². The third-order valence-corrected chi connectivity index (χ3v) is 6.15. The van der Waals surface area contributed by atoms with E-state index in [1.54, 1.807) is 53.3 Å². The molecule has 0 aromatic heterocycles. The lowest BCUT2D eigenvalue weighted by Crippen LogP contribution is -2.38. The highest BCUT2D eigenvalue weighted by Crippen LogP contribution is 2.33. The summed E-state index contributed by atoms with van der Waals surface area (Å²) in [6.45, 7) is -0.794. The molecule has 186 valence electrons. The Morgan fingerprint density at radius 3 is 2.31 bits per heavy atom. The zero-order chi connectivity index (χ0) is 25.2. The molecule has 1 aliphatic carbocycles. The number of hydrogen-bond acceptors (Lipinski definition) is 4. The van der Waals surface area contributed by atoms with Crippen molar-refractivity contribution in [1.82, 2.24) is 10.2 Å². The van der Waals surface area contributed by atoms with Crippen LogP contribution in [0.25, 0.3) is 0 Å². The fourth-order valence-electron chi connectivity index (χ4n) is 4.13. The number of hydrogen-bond donors (Lipinski definition) is 1. The first kappa shape index (κ1) is 24.6. The molecule has 3 amide bonds. The topological polar surface area (TPSA) is 79.0 Å². The van der Waals surface area contributed by atoms with E-state index in [2.05, 4.69) is 0 Å². The Balaban J connectivity index is 1.39. The summed E-state index contributed by atoms with van der Waals surface area (Å²) in [6.07, 6.45) is -2.59. The summed E-state index contributed by atoms with van der Waals surface area (Å²) in [5.74, 6) is -0.802. The van der Waals surface area contributed by atoms with Crippen LogP contribution in [-0.2, 0) is 16.1 Å². The van der Waals surface area contributed by atoms with Crippen LogP contribution >= 0.6 is 0 Å². The lowest BCUT2D eigenvalue weighted by molar-refractivity contribution is -0.137. The Hall–Kier alpha value is -3.56. The summed E-state index contributed by atoms with van der Waals surface area (Å²) in [5.41, 5.74) is 1.58. The number of nitrogens with zero attached hydrogens (tertiary/aromatic N) is 2. The van der Waals surface area contributed by atoms with Crippen molar-refractivity contribution in [2.75, 3.05) is 25.1 Å². The normalized spacial score (nSPS) is 17.9. The summed E-state index contributed by atoms with van der Waals surface area (Å²) >= 11 is 0. The van der Waals surface area contributed by atoms with Gasteiger partial charge in [0.05, 0.1) is 13.0 Å². The van der Waals surface area contributed by atoms with Gasteiger partial charge in [-0.1, -0.05) is 12.1 Å². The van der Waals surface area contributed by atoms with Crippen molar-refractivity contribution in [2.24, 2.45) is 5.92 Å². The molecule has 0 spiro atoms. The molecule has 0 radical (unpaired) electrons. The third-order valence-electron chi connectivity index (χ3n) is 6.15. The summed E-state index contributed by atoms with van der Waals surface area (Å²) in [6, 6.07) is 13.4. The van der Waals surface area contributed by atoms with Crippen molar-refractivity contribution < 1.29 is 32.3 Å². The van der Waals surface area contributed by atoms with Gasteiger partial charge >= 0.3 is 6.18 Å². The van der Waals surface area contributed by atoms with Crippen molar-refractivity contribution >= 4 is 23.4 Å². The summed E-state index contributed by atoms with van der Waals surface area (Å²) in [7, 11) is 1.56. The van der Waals surface area contributed by atoms with E-state index in [0.29, 0.717) is 24.5 Å². The maximum atomic E-state index is 13.4. The number of halogens is 3. The molecule has 2 aromatic carbocycles. The lowest BCUT2D eigenvalue weighted by atomic mass is 10.1. The number of rotatable bonds is 8. The SMILES string of the molecule is COc1ccc(N2CC(C(=O)N(Cc3ccc(C(=O)NCC(F)(F)F)cc3)C3CC3)CC2=O)cc1. The van der Waals surface area contributed by atoms with Gasteiger partial charge in [-0.05, 0) is 54.8 Å². The van der Waals surface area contributed by atoms with Gasteiger partial charge in [0.25, 0.3) is 5.91 Å². The summed E-state index contributed by atoms with van der Waals surface area (Å²) in [5, 5.41) is 1.84. The molecule has 2 aromatic rings. The zero-order valence-electron chi connectivity index (χ0n) is 19.2. The van der Waals surface area contributed by atoms with Crippen LogP contribution in [0, 0.1) is 5.92 Å². The largest absolute Gasteiger partial charge is 0.497 e. The fraction of sp³-hybridized carbons (Fsp3) is 0.400. The highest BCUT2D eigenvalue weighted by atomic mass is 19.4. The smallest absolute Gasteiger partial charge is 0.405 e. The van der Waals surface area contributed by atoms with Crippen LogP contribution in [0.15, 0.2) is 48.5 Å². The van der Waals surface area contributed by atoms with Gasteiger partial charge < -0.3 is 19.9 Å². The van der Waals surface area contributed by atoms with E-state index in [1.807, 2.05) is 5.32 Å². The minimum Gasteiger partial charge on any atom is -0.497 e. The Morgan fingerprint density at radius 1 is 1.09 bits per heavy atom. The van der Waals surface area contributed by atoms with Crippen LogP contribution in [0.1, 0.15) is 35.2 Å². The molecular formula is C25H26F3N3O4. The van der Waals surface area contributed by atoms with E-state index in [9.17, 15) is 27.6 Å². The van der Waals surface area contributed by atoms with Crippen LogP contribution in [0.2, 0.25) is 0 Å². The van der Waals surface area contributed by atoms with Gasteiger partial charge in [0.15, 0.2) is 0 Å². The second-order valence-electron chi connectivity index (χ2n) is 8.80. The van der Waals surface area contributed by atoms with Gasteiger partial charge in [-0.2, -0.15) is 13.2 Å². The molecule has 1 heterocycles. The van der Waals surface area contributed by atoms with Gasteiger partial charge in [-0.3, -0.25) is 14.4 Å². The minimum absolute atomic E-state index is 0.0936. The molecule has 1 N–H and O–H groups in total. The molecule has 10 heteroatoms. The monoisotopic (exact) mass is 489 g/mol. The predicted octanol–water partition coefficient (Wildman–Crippen LogP) is 3.53. The lowest BCUT2D eigenvalue weighted by Gasteiger charge is -2.26. The van der Waals surface area contributed by atoms with Crippen molar-refractivity contribution in [3.63, 3.8) is 0 Å². The number of anilines is 1.